The predicted molar refractivity (Wildman–Crippen MR) is 105 cm³/mol. The molecular weight excluding hydrogens is 344 g/mol. The number of piperidine rings is 1. The summed E-state index contributed by atoms with van der Waals surface area (Å²) >= 11 is 0. The number of amidine groups is 1. The first kappa shape index (κ1) is 19.2. The van der Waals surface area contributed by atoms with Crippen LogP contribution in [0.2, 0.25) is 0 Å². The number of amides is 2. The summed E-state index contributed by atoms with van der Waals surface area (Å²) in [6, 6.07) is 7.72. The van der Waals surface area contributed by atoms with E-state index in [4.69, 9.17) is 4.74 Å². The molecule has 0 aromatic heterocycles. The number of likely N-dealkylation sites (tertiary alicyclic amines) is 1. The second kappa shape index (κ2) is 7.58. The molecule has 7 nitrogen and oxygen atoms in total. The topological polar surface area (TPSA) is 74.2 Å². The van der Waals surface area contributed by atoms with Crippen LogP contribution < -0.4 is 10.2 Å². The maximum absolute atomic E-state index is 13.0. The molecule has 0 saturated carbocycles. The number of hydrogen-bond donors (Lipinski definition) is 1. The van der Waals surface area contributed by atoms with Gasteiger partial charge in [0.05, 0.1) is 5.69 Å². The first-order valence-corrected chi connectivity index (χ1v) is 9.45. The second-order valence-electron chi connectivity index (χ2n) is 7.96. The number of alkyl carbamates (subject to hydrolysis) is 1. The van der Waals surface area contributed by atoms with Gasteiger partial charge in [0.15, 0.2) is 0 Å². The van der Waals surface area contributed by atoms with E-state index in [0.717, 1.165) is 43.0 Å². The van der Waals surface area contributed by atoms with Crippen LogP contribution in [0.1, 0.15) is 45.6 Å². The molecule has 2 amide bonds. The van der Waals surface area contributed by atoms with Gasteiger partial charge in [0.2, 0.25) is 6.17 Å². The fourth-order valence-electron chi connectivity index (χ4n) is 3.38. The molecule has 0 bridgehead atoms. The maximum atomic E-state index is 13.0. The van der Waals surface area contributed by atoms with Crippen molar-refractivity contribution in [1.29, 1.82) is 0 Å². The Kier molecular flexibility index (Phi) is 5.39. The first-order valence-electron chi connectivity index (χ1n) is 9.45. The van der Waals surface area contributed by atoms with Gasteiger partial charge in [-0.15, -0.1) is 0 Å². The van der Waals surface area contributed by atoms with Crippen LogP contribution in [0.3, 0.4) is 0 Å². The summed E-state index contributed by atoms with van der Waals surface area (Å²) in [6.45, 7) is 7.14. The van der Waals surface area contributed by atoms with Gasteiger partial charge in [-0.1, -0.05) is 12.1 Å². The number of benzodiazepines with no additional fused rings is 1. The molecule has 1 unspecified atom stereocenters. The first-order chi connectivity index (χ1) is 12.8. The summed E-state index contributed by atoms with van der Waals surface area (Å²) in [5.74, 6) is 0.462. The van der Waals surface area contributed by atoms with Crippen LogP contribution in [0.5, 0.6) is 0 Å². The zero-order valence-corrected chi connectivity index (χ0v) is 16.5. The van der Waals surface area contributed by atoms with Crippen LogP contribution in [0.25, 0.3) is 0 Å². The zero-order valence-electron chi connectivity index (χ0n) is 16.5. The third kappa shape index (κ3) is 4.40. The summed E-state index contributed by atoms with van der Waals surface area (Å²) in [5.41, 5.74) is 1.05. The van der Waals surface area contributed by atoms with E-state index in [1.165, 1.54) is 6.42 Å². The maximum Gasteiger partial charge on any atom is 0.409 e. The fraction of sp³-hybridized carbons (Fsp3) is 0.550. The van der Waals surface area contributed by atoms with Crippen molar-refractivity contribution in [2.75, 3.05) is 25.0 Å². The Labute approximate surface area is 160 Å². The van der Waals surface area contributed by atoms with Gasteiger partial charge in [-0.3, -0.25) is 10.1 Å². The number of nitrogens with zero attached hydrogens (tertiary/aromatic N) is 3. The highest BCUT2D eigenvalue weighted by atomic mass is 16.6. The molecule has 1 fully saturated rings. The normalized spacial score (nSPS) is 20.5. The molecule has 1 aromatic rings. The summed E-state index contributed by atoms with van der Waals surface area (Å²) in [5, 5.41) is 2.63. The average molecular weight is 372 g/mol. The standard InChI is InChI=1S/C20H28N4O3/c1-20(2,3)27-19(26)22-16-18(25)23(4)15-11-7-6-10-14(15)17(21-16)24-12-8-5-9-13-24/h6-7,10-11,16H,5,8-9,12-13H2,1-4H3,(H,22,26). The average Bonchev–Trinajstić information content (AvgIpc) is 2.72. The predicted octanol–water partition coefficient (Wildman–Crippen LogP) is 2.75. The number of para-hydroxylation sites is 1. The zero-order chi connectivity index (χ0) is 19.6. The summed E-state index contributed by atoms with van der Waals surface area (Å²) in [6.07, 6.45) is 1.71. The minimum Gasteiger partial charge on any atom is -0.444 e. The highest BCUT2D eigenvalue weighted by Crippen LogP contribution is 2.27. The molecule has 0 spiro atoms. The molecular formula is C20H28N4O3. The number of rotatable bonds is 1. The molecule has 2 aliphatic rings. The molecule has 1 N–H and O–H groups in total. The minimum absolute atomic E-state index is 0.291. The number of aliphatic imine (C=N–C) groups is 1. The van der Waals surface area contributed by atoms with E-state index in [1.54, 1.807) is 32.7 Å². The highest BCUT2D eigenvalue weighted by Gasteiger charge is 2.33. The van der Waals surface area contributed by atoms with E-state index in [-0.39, 0.29) is 5.91 Å². The van der Waals surface area contributed by atoms with Gasteiger partial charge < -0.3 is 14.5 Å². The number of hydrogen-bond acceptors (Lipinski definition) is 5. The molecule has 0 radical (unpaired) electrons. The number of nitrogens with one attached hydrogen (secondary N) is 1. The third-order valence-corrected chi connectivity index (χ3v) is 4.63. The van der Waals surface area contributed by atoms with Crippen LogP contribution in [-0.2, 0) is 9.53 Å². The van der Waals surface area contributed by atoms with Crippen molar-refractivity contribution in [2.45, 2.75) is 51.8 Å². The molecule has 27 heavy (non-hydrogen) atoms. The lowest BCUT2D eigenvalue weighted by Gasteiger charge is -2.30. The quantitative estimate of drug-likeness (QED) is 0.823. The SMILES string of the molecule is CN1C(=O)C(NC(=O)OC(C)(C)C)N=C(N2CCCCC2)c2ccccc21. The molecule has 1 atom stereocenters. The number of benzene rings is 1. The van der Waals surface area contributed by atoms with E-state index < -0.39 is 17.9 Å². The van der Waals surface area contributed by atoms with Gasteiger partial charge in [0.1, 0.15) is 11.4 Å². The largest absolute Gasteiger partial charge is 0.444 e. The van der Waals surface area contributed by atoms with Crippen molar-refractivity contribution in [3.8, 4) is 0 Å². The van der Waals surface area contributed by atoms with E-state index in [2.05, 4.69) is 15.2 Å². The van der Waals surface area contributed by atoms with Gasteiger partial charge >= 0.3 is 6.09 Å². The van der Waals surface area contributed by atoms with Crippen LogP contribution in [0.15, 0.2) is 29.3 Å². The molecule has 2 aliphatic heterocycles. The number of likely N-dealkylation sites (N-methyl/N-ethyl adjacent to an activating group) is 1. The van der Waals surface area contributed by atoms with E-state index in [9.17, 15) is 9.59 Å². The molecule has 146 valence electrons. The van der Waals surface area contributed by atoms with Crippen molar-refractivity contribution in [2.24, 2.45) is 4.99 Å². The molecule has 7 heteroatoms. The molecule has 3 rings (SSSR count). The van der Waals surface area contributed by atoms with Gasteiger partial charge in [0.25, 0.3) is 5.91 Å². The second-order valence-corrected chi connectivity index (χ2v) is 7.96. The smallest absolute Gasteiger partial charge is 0.409 e. The van der Waals surface area contributed by atoms with Crippen molar-refractivity contribution >= 4 is 23.5 Å². The number of carbonyl (C=O) groups excluding carboxylic acids is 2. The van der Waals surface area contributed by atoms with Crippen LogP contribution in [-0.4, -0.2) is 54.6 Å². The van der Waals surface area contributed by atoms with E-state index >= 15 is 0 Å². The van der Waals surface area contributed by atoms with Gasteiger partial charge in [-0.25, -0.2) is 9.79 Å². The Balaban J connectivity index is 1.96. The van der Waals surface area contributed by atoms with Crippen LogP contribution >= 0.6 is 0 Å². The van der Waals surface area contributed by atoms with Gasteiger partial charge in [-0.2, -0.15) is 0 Å². The molecule has 1 saturated heterocycles. The minimum atomic E-state index is -1.02. The third-order valence-electron chi connectivity index (χ3n) is 4.63. The van der Waals surface area contributed by atoms with Gasteiger partial charge in [-0.05, 0) is 52.2 Å². The highest BCUT2D eigenvalue weighted by molar-refractivity contribution is 6.12. The Morgan fingerprint density at radius 1 is 1.19 bits per heavy atom. The lowest BCUT2D eigenvalue weighted by molar-refractivity contribution is -0.120. The number of carbonyl (C=O) groups is 2. The lowest BCUT2D eigenvalue weighted by Crippen LogP contribution is -2.48. The monoisotopic (exact) mass is 372 g/mol. The Morgan fingerprint density at radius 3 is 2.52 bits per heavy atom. The van der Waals surface area contributed by atoms with Crippen molar-refractivity contribution in [1.82, 2.24) is 10.2 Å². The number of ether oxygens (including phenoxy) is 1. The molecule has 2 heterocycles. The Morgan fingerprint density at radius 2 is 1.85 bits per heavy atom. The van der Waals surface area contributed by atoms with E-state index in [0.29, 0.717) is 0 Å². The summed E-state index contributed by atoms with van der Waals surface area (Å²) in [4.78, 5) is 33.7. The number of fused-ring (bicyclic) bond motifs is 1. The van der Waals surface area contributed by atoms with Crippen LogP contribution in [0.4, 0.5) is 10.5 Å². The Bertz CT molecular complexity index is 748. The van der Waals surface area contributed by atoms with Crippen molar-refractivity contribution in [3.63, 3.8) is 0 Å². The summed E-state index contributed by atoms with van der Waals surface area (Å²) in [7, 11) is 1.71. The lowest BCUT2D eigenvalue weighted by atomic mass is 10.1. The van der Waals surface area contributed by atoms with Crippen molar-refractivity contribution < 1.29 is 14.3 Å². The fourth-order valence-corrected chi connectivity index (χ4v) is 3.38. The van der Waals surface area contributed by atoms with Crippen LogP contribution in [0, 0.1) is 0 Å². The Hall–Kier alpha value is -2.57. The van der Waals surface area contributed by atoms with Crippen molar-refractivity contribution in [3.05, 3.63) is 29.8 Å². The van der Waals surface area contributed by atoms with E-state index in [1.807, 2.05) is 24.3 Å². The molecule has 1 aromatic carbocycles. The van der Waals surface area contributed by atoms with Gasteiger partial charge in [0, 0.05) is 25.7 Å². The molecule has 0 aliphatic carbocycles. The summed E-state index contributed by atoms with van der Waals surface area (Å²) < 4.78 is 5.32. The number of anilines is 1.